The van der Waals surface area contributed by atoms with Crippen molar-refractivity contribution in [1.82, 2.24) is 15.5 Å². The fourth-order valence-corrected chi connectivity index (χ4v) is 2.28. The van der Waals surface area contributed by atoms with Crippen LogP contribution in [0.2, 0.25) is 0 Å². The van der Waals surface area contributed by atoms with Crippen LogP contribution in [0.15, 0.2) is 4.52 Å². The van der Waals surface area contributed by atoms with Crippen LogP contribution in [-0.4, -0.2) is 34.5 Å². The second-order valence-corrected chi connectivity index (χ2v) is 6.04. The highest BCUT2D eigenvalue weighted by atomic mass is 16.5. The summed E-state index contributed by atoms with van der Waals surface area (Å²) < 4.78 is 11.0. The smallest absolute Gasteiger partial charge is 0.243 e. The Balaban J connectivity index is 2.14. The summed E-state index contributed by atoms with van der Waals surface area (Å²) in [6.45, 7) is 9.38. The minimum absolute atomic E-state index is 0.0569. The zero-order chi connectivity index (χ0) is 14.0. The minimum atomic E-state index is -0.342. The Morgan fingerprint density at radius 2 is 2.26 bits per heavy atom. The molecule has 0 saturated carbocycles. The molecule has 6 nitrogen and oxygen atoms in total. The van der Waals surface area contributed by atoms with Crippen LogP contribution in [0.25, 0.3) is 0 Å². The third-order valence-corrected chi connectivity index (χ3v) is 3.22. The standard InChI is InChI=1S/C13H23N3O3/c1-5-18-10(13(2,3)4)11-15-12(19-16-11)9-6-8(17)7-14-9/h8-10,14,17H,5-7H2,1-4H3/t8-,9+,10?/m1/s1. The largest absolute Gasteiger partial charge is 0.392 e. The third kappa shape index (κ3) is 3.32. The first-order valence-electron chi connectivity index (χ1n) is 6.78. The minimum Gasteiger partial charge on any atom is -0.392 e. The lowest BCUT2D eigenvalue weighted by molar-refractivity contribution is -0.0203. The lowest BCUT2D eigenvalue weighted by Gasteiger charge is -2.27. The molecule has 108 valence electrons. The van der Waals surface area contributed by atoms with Gasteiger partial charge in [0.15, 0.2) is 0 Å². The highest BCUT2D eigenvalue weighted by Crippen LogP contribution is 2.35. The van der Waals surface area contributed by atoms with Crippen molar-refractivity contribution in [3.05, 3.63) is 11.7 Å². The SMILES string of the molecule is CCOC(c1noc([C@@H]2C[C@@H](O)CN2)n1)C(C)(C)C. The van der Waals surface area contributed by atoms with Crippen LogP contribution in [0.1, 0.15) is 58.0 Å². The van der Waals surface area contributed by atoms with Crippen LogP contribution in [-0.2, 0) is 4.74 Å². The van der Waals surface area contributed by atoms with Crippen molar-refractivity contribution in [3.8, 4) is 0 Å². The number of ether oxygens (including phenoxy) is 1. The average Bonchev–Trinajstić information content (AvgIpc) is 2.92. The highest BCUT2D eigenvalue weighted by Gasteiger charge is 2.34. The molecule has 2 heterocycles. The van der Waals surface area contributed by atoms with Crippen LogP contribution in [0.3, 0.4) is 0 Å². The van der Waals surface area contributed by atoms with E-state index in [1.165, 1.54) is 0 Å². The van der Waals surface area contributed by atoms with Gasteiger partial charge in [-0.15, -0.1) is 0 Å². The van der Waals surface area contributed by atoms with Crippen molar-refractivity contribution in [2.45, 2.75) is 52.4 Å². The Morgan fingerprint density at radius 3 is 2.79 bits per heavy atom. The maximum absolute atomic E-state index is 9.51. The number of nitrogens with zero attached hydrogens (tertiary/aromatic N) is 2. The molecule has 0 radical (unpaired) electrons. The fraction of sp³-hybridized carbons (Fsp3) is 0.846. The van der Waals surface area contributed by atoms with Gasteiger partial charge in [-0.2, -0.15) is 4.98 Å². The van der Waals surface area contributed by atoms with Crippen molar-refractivity contribution in [1.29, 1.82) is 0 Å². The zero-order valence-electron chi connectivity index (χ0n) is 12.0. The molecular weight excluding hydrogens is 246 g/mol. The second kappa shape index (κ2) is 5.56. The maximum atomic E-state index is 9.51. The van der Waals surface area contributed by atoms with Gasteiger partial charge in [-0.1, -0.05) is 25.9 Å². The predicted molar refractivity (Wildman–Crippen MR) is 69.5 cm³/mol. The van der Waals surface area contributed by atoms with Crippen LogP contribution >= 0.6 is 0 Å². The van der Waals surface area contributed by atoms with E-state index in [4.69, 9.17) is 9.26 Å². The van der Waals surface area contributed by atoms with Crippen molar-refractivity contribution < 1.29 is 14.4 Å². The van der Waals surface area contributed by atoms with Crippen LogP contribution < -0.4 is 5.32 Å². The lowest BCUT2D eigenvalue weighted by atomic mass is 9.88. The number of nitrogens with one attached hydrogen (secondary N) is 1. The molecule has 1 aromatic heterocycles. The first-order valence-corrected chi connectivity index (χ1v) is 6.78. The summed E-state index contributed by atoms with van der Waals surface area (Å²) in [5.74, 6) is 1.10. The van der Waals surface area contributed by atoms with Gasteiger partial charge in [0.1, 0.15) is 6.10 Å². The first kappa shape index (κ1) is 14.4. The van der Waals surface area contributed by atoms with Gasteiger partial charge in [-0.25, -0.2) is 0 Å². The molecule has 1 fully saturated rings. The molecule has 2 N–H and O–H groups in total. The summed E-state index contributed by atoms with van der Waals surface area (Å²) >= 11 is 0. The van der Waals surface area contributed by atoms with Gasteiger partial charge < -0.3 is 19.7 Å². The predicted octanol–water partition coefficient (Wildman–Crippen LogP) is 1.59. The van der Waals surface area contributed by atoms with Gasteiger partial charge >= 0.3 is 0 Å². The molecule has 0 aliphatic carbocycles. The van der Waals surface area contributed by atoms with E-state index in [0.29, 0.717) is 31.3 Å². The summed E-state index contributed by atoms with van der Waals surface area (Å²) in [7, 11) is 0. The lowest BCUT2D eigenvalue weighted by Crippen LogP contribution is -2.23. The van der Waals surface area contributed by atoms with E-state index < -0.39 is 0 Å². The van der Waals surface area contributed by atoms with Crippen molar-refractivity contribution in [2.24, 2.45) is 5.41 Å². The Hall–Kier alpha value is -0.980. The third-order valence-electron chi connectivity index (χ3n) is 3.22. The molecule has 1 aliphatic rings. The van der Waals surface area contributed by atoms with E-state index in [9.17, 15) is 5.11 Å². The van der Waals surface area contributed by atoms with Gasteiger partial charge in [-0.05, 0) is 18.8 Å². The number of aliphatic hydroxyl groups is 1. The van der Waals surface area contributed by atoms with E-state index in [1.807, 2.05) is 6.92 Å². The van der Waals surface area contributed by atoms with Crippen molar-refractivity contribution in [2.75, 3.05) is 13.2 Å². The Labute approximate surface area is 113 Å². The topological polar surface area (TPSA) is 80.4 Å². The molecular formula is C13H23N3O3. The van der Waals surface area contributed by atoms with Gasteiger partial charge in [-0.3, -0.25) is 0 Å². The van der Waals surface area contributed by atoms with E-state index in [2.05, 4.69) is 36.2 Å². The van der Waals surface area contributed by atoms with E-state index in [0.717, 1.165) is 0 Å². The molecule has 3 atom stereocenters. The van der Waals surface area contributed by atoms with Crippen LogP contribution in [0, 0.1) is 5.41 Å². The van der Waals surface area contributed by atoms with E-state index >= 15 is 0 Å². The Kier molecular flexibility index (Phi) is 4.23. The second-order valence-electron chi connectivity index (χ2n) is 6.04. The van der Waals surface area contributed by atoms with Gasteiger partial charge in [0.05, 0.1) is 12.1 Å². The number of hydrogen-bond donors (Lipinski definition) is 2. The van der Waals surface area contributed by atoms with E-state index in [-0.39, 0.29) is 23.7 Å². The molecule has 0 bridgehead atoms. The Morgan fingerprint density at radius 1 is 1.53 bits per heavy atom. The van der Waals surface area contributed by atoms with Crippen molar-refractivity contribution in [3.63, 3.8) is 0 Å². The number of aromatic nitrogens is 2. The van der Waals surface area contributed by atoms with Crippen LogP contribution in [0.5, 0.6) is 0 Å². The molecule has 1 aliphatic heterocycles. The number of hydrogen-bond acceptors (Lipinski definition) is 6. The quantitative estimate of drug-likeness (QED) is 0.864. The molecule has 1 aromatic rings. The molecule has 0 aromatic carbocycles. The molecule has 1 saturated heterocycles. The van der Waals surface area contributed by atoms with Gasteiger partial charge in [0, 0.05) is 13.2 Å². The summed E-state index contributed by atoms with van der Waals surface area (Å²) in [6.07, 6.45) is 0.0724. The Bertz CT molecular complexity index is 414. The number of β-amino-alcohol motifs (C(OH)–C–C–N with tert-alkyl or cyclic N) is 1. The zero-order valence-corrected chi connectivity index (χ0v) is 12.0. The fourth-order valence-electron chi connectivity index (χ4n) is 2.28. The molecule has 1 unspecified atom stereocenters. The van der Waals surface area contributed by atoms with Gasteiger partial charge in [0.25, 0.3) is 0 Å². The van der Waals surface area contributed by atoms with Gasteiger partial charge in [0.2, 0.25) is 11.7 Å². The van der Waals surface area contributed by atoms with Crippen molar-refractivity contribution >= 4 is 0 Å². The summed E-state index contributed by atoms with van der Waals surface area (Å²) in [4.78, 5) is 4.44. The maximum Gasteiger partial charge on any atom is 0.243 e. The molecule has 2 rings (SSSR count). The molecule has 0 spiro atoms. The average molecular weight is 269 g/mol. The highest BCUT2D eigenvalue weighted by molar-refractivity contribution is 5.01. The summed E-state index contributed by atoms with van der Waals surface area (Å²) in [5.41, 5.74) is -0.0974. The van der Waals surface area contributed by atoms with Crippen LogP contribution in [0.4, 0.5) is 0 Å². The monoisotopic (exact) mass is 269 g/mol. The number of aliphatic hydroxyl groups excluding tert-OH is 1. The summed E-state index contributed by atoms with van der Waals surface area (Å²) in [5, 5.41) is 16.7. The molecule has 0 amide bonds. The first-order chi connectivity index (χ1) is 8.91. The number of rotatable bonds is 4. The molecule has 6 heteroatoms. The normalized spacial score (nSPS) is 25.7. The molecule has 19 heavy (non-hydrogen) atoms. The van der Waals surface area contributed by atoms with E-state index in [1.54, 1.807) is 0 Å². The summed E-state index contributed by atoms with van der Waals surface area (Å²) in [6, 6.07) is -0.0569.